The Morgan fingerprint density at radius 1 is 1.52 bits per heavy atom. The number of nitrogens with zero attached hydrogens (tertiary/aromatic N) is 4. The number of fused-ring (bicyclic) bond motifs is 1. The van der Waals surface area contributed by atoms with Crippen LogP contribution in [0.5, 0.6) is 0 Å². The Bertz CT molecular complexity index is 711. The molecule has 8 heteroatoms. The van der Waals surface area contributed by atoms with Crippen molar-refractivity contribution in [1.29, 1.82) is 0 Å². The highest BCUT2D eigenvalue weighted by Crippen LogP contribution is 2.21. The molecule has 23 heavy (non-hydrogen) atoms. The first kappa shape index (κ1) is 16.2. The molecule has 0 bridgehead atoms. The summed E-state index contributed by atoms with van der Waals surface area (Å²) in [4.78, 5) is 20.9. The Morgan fingerprint density at radius 3 is 3.09 bits per heavy atom. The van der Waals surface area contributed by atoms with Gasteiger partial charge in [0.1, 0.15) is 0 Å². The molecule has 2 aromatic heterocycles. The van der Waals surface area contributed by atoms with Crippen LogP contribution >= 0.6 is 11.8 Å². The maximum atomic E-state index is 12.2. The van der Waals surface area contributed by atoms with Gasteiger partial charge in [-0.15, -0.1) is 5.10 Å². The van der Waals surface area contributed by atoms with Crippen LogP contribution in [-0.2, 0) is 9.53 Å². The highest BCUT2D eigenvalue weighted by atomic mass is 32.2. The van der Waals surface area contributed by atoms with Crippen molar-refractivity contribution >= 4 is 23.4 Å². The van der Waals surface area contributed by atoms with Crippen molar-refractivity contribution in [3.05, 3.63) is 17.5 Å². The third-order valence-electron chi connectivity index (χ3n) is 3.78. The Balaban J connectivity index is 1.61. The number of carbonyl (C=O) groups is 1. The topological polar surface area (TPSA) is 81.4 Å². The van der Waals surface area contributed by atoms with Crippen LogP contribution in [0.1, 0.15) is 31.2 Å². The minimum atomic E-state index is -0.268. The molecule has 2 unspecified atom stereocenters. The van der Waals surface area contributed by atoms with Crippen molar-refractivity contribution in [3.8, 4) is 0 Å². The fraction of sp³-hybridized carbons (Fsp3) is 0.600. The van der Waals surface area contributed by atoms with E-state index in [0.717, 1.165) is 30.8 Å². The van der Waals surface area contributed by atoms with E-state index >= 15 is 0 Å². The molecule has 1 saturated heterocycles. The number of carbonyl (C=O) groups excluding carboxylic acids is 1. The Morgan fingerprint density at radius 2 is 2.35 bits per heavy atom. The standard InChI is InChI=1S/C15H21N5O2S/c1-9-7-10(2)20-14(17-9)18-15(19-20)23-11(3)13(21)16-8-12-5-4-6-22-12/h7,11-12H,4-6,8H2,1-3H3,(H,16,21). The lowest BCUT2D eigenvalue weighted by molar-refractivity contribution is -0.120. The maximum absolute atomic E-state index is 12.2. The number of hydrogen-bond donors (Lipinski definition) is 1. The van der Waals surface area contributed by atoms with Crippen LogP contribution in [-0.4, -0.2) is 50.0 Å². The van der Waals surface area contributed by atoms with Gasteiger partial charge in [-0.25, -0.2) is 9.50 Å². The minimum absolute atomic E-state index is 0.0229. The van der Waals surface area contributed by atoms with Gasteiger partial charge in [0, 0.05) is 24.5 Å². The maximum Gasteiger partial charge on any atom is 0.253 e. The van der Waals surface area contributed by atoms with Gasteiger partial charge in [0.05, 0.1) is 11.4 Å². The summed E-state index contributed by atoms with van der Waals surface area (Å²) in [6.45, 7) is 7.11. The highest BCUT2D eigenvalue weighted by molar-refractivity contribution is 8.00. The molecule has 1 aliphatic rings. The van der Waals surface area contributed by atoms with Crippen molar-refractivity contribution in [2.45, 2.75) is 50.1 Å². The van der Waals surface area contributed by atoms with E-state index in [0.29, 0.717) is 17.5 Å². The predicted octanol–water partition coefficient (Wildman–Crippen LogP) is 1.52. The number of rotatable bonds is 5. The number of amides is 1. The molecule has 0 spiro atoms. The van der Waals surface area contributed by atoms with Gasteiger partial charge in [0.25, 0.3) is 5.78 Å². The van der Waals surface area contributed by atoms with Crippen LogP contribution in [0.15, 0.2) is 11.2 Å². The van der Waals surface area contributed by atoms with E-state index in [9.17, 15) is 4.79 Å². The van der Waals surface area contributed by atoms with E-state index in [1.807, 2.05) is 26.8 Å². The number of ether oxygens (including phenoxy) is 1. The quantitative estimate of drug-likeness (QED) is 0.834. The summed E-state index contributed by atoms with van der Waals surface area (Å²) in [6.07, 6.45) is 2.24. The first-order valence-electron chi connectivity index (χ1n) is 7.80. The van der Waals surface area contributed by atoms with Crippen molar-refractivity contribution in [1.82, 2.24) is 24.9 Å². The summed E-state index contributed by atoms with van der Waals surface area (Å²) in [7, 11) is 0. The zero-order valence-corrected chi connectivity index (χ0v) is 14.4. The lowest BCUT2D eigenvalue weighted by Gasteiger charge is -2.13. The summed E-state index contributed by atoms with van der Waals surface area (Å²) in [6, 6.07) is 1.95. The summed E-state index contributed by atoms with van der Waals surface area (Å²) in [5.41, 5.74) is 1.88. The zero-order valence-electron chi connectivity index (χ0n) is 13.6. The van der Waals surface area contributed by atoms with E-state index in [2.05, 4.69) is 20.4 Å². The molecule has 7 nitrogen and oxygen atoms in total. The van der Waals surface area contributed by atoms with Crippen LogP contribution in [0.3, 0.4) is 0 Å². The zero-order chi connectivity index (χ0) is 16.4. The van der Waals surface area contributed by atoms with E-state index in [1.165, 1.54) is 11.8 Å². The molecule has 124 valence electrons. The van der Waals surface area contributed by atoms with Crippen molar-refractivity contribution in [2.75, 3.05) is 13.2 Å². The van der Waals surface area contributed by atoms with Crippen LogP contribution < -0.4 is 5.32 Å². The van der Waals surface area contributed by atoms with E-state index < -0.39 is 0 Å². The lowest BCUT2D eigenvalue weighted by atomic mass is 10.2. The lowest BCUT2D eigenvalue weighted by Crippen LogP contribution is -2.36. The predicted molar refractivity (Wildman–Crippen MR) is 87.6 cm³/mol. The molecule has 3 heterocycles. The molecule has 2 atom stereocenters. The third-order valence-corrected chi connectivity index (χ3v) is 4.73. The van der Waals surface area contributed by atoms with Gasteiger partial charge in [0.15, 0.2) is 0 Å². The first-order valence-corrected chi connectivity index (χ1v) is 8.68. The second-order valence-electron chi connectivity index (χ2n) is 5.79. The van der Waals surface area contributed by atoms with Gasteiger partial charge in [-0.3, -0.25) is 4.79 Å². The molecular formula is C15H21N5O2S. The Kier molecular flexibility index (Phi) is 4.82. The van der Waals surface area contributed by atoms with Gasteiger partial charge in [-0.2, -0.15) is 4.98 Å². The molecule has 1 amide bonds. The third kappa shape index (κ3) is 3.81. The van der Waals surface area contributed by atoms with E-state index in [4.69, 9.17) is 4.74 Å². The highest BCUT2D eigenvalue weighted by Gasteiger charge is 2.21. The van der Waals surface area contributed by atoms with Crippen molar-refractivity contribution < 1.29 is 9.53 Å². The molecule has 3 rings (SSSR count). The van der Waals surface area contributed by atoms with Crippen LogP contribution in [0.4, 0.5) is 0 Å². The van der Waals surface area contributed by atoms with Gasteiger partial charge >= 0.3 is 0 Å². The van der Waals surface area contributed by atoms with Crippen molar-refractivity contribution in [2.24, 2.45) is 0 Å². The second kappa shape index (κ2) is 6.84. The molecule has 1 N–H and O–H groups in total. The van der Waals surface area contributed by atoms with Crippen molar-refractivity contribution in [3.63, 3.8) is 0 Å². The van der Waals surface area contributed by atoms with Gasteiger partial charge < -0.3 is 10.1 Å². The molecule has 0 saturated carbocycles. The second-order valence-corrected chi connectivity index (χ2v) is 7.09. The summed E-state index contributed by atoms with van der Waals surface area (Å²) >= 11 is 1.34. The molecule has 2 aromatic rings. The van der Waals surface area contributed by atoms with Crippen LogP contribution in [0, 0.1) is 13.8 Å². The van der Waals surface area contributed by atoms with Gasteiger partial charge in [-0.1, -0.05) is 11.8 Å². The van der Waals surface area contributed by atoms with Crippen LogP contribution in [0.2, 0.25) is 0 Å². The normalized spacial score (nSPS) is 19.2. The molecule has 0 aromatic carbocycles. The number of nitrogens with one attached hydrogen (secondary N) is 1. The largest absolute Gasteiger partial charge is 0.376 e. The van der Waals surface area contributed by atoms with E-state index in [1.54, 1.807) is 4.52 Å². The smallest absolute Gasteiger partial charge is 0.253 e. The molecule has 1 fully saturated rings. The summed E-state index contributed by atoms with van der Waals surface area (Å²) < 4.78 is 7.21. The molecule has 0 radical (unpaired) electrons. The molecule has 0 aliphatic carbocycles. The fourth-order valence-corrected chi connectivity index (χ4v) is 3.34. The number of thioether (sulfide) groups is 1. The van der Waals surface area contributed by atoms with Crippen LogP contribution in [0.25, 0.3) is 5.78 Å². The molecular weight excluding hydrogens is 314 g/mol. The molecule has 1 aliphatic heterocycles. The summed E-state index contributed by atoms with van der Waals surface area (Å²) in [5.74, 6) is 0.544. The average Bonchev–Trinajstić information content (AvgIpc) is 3.13. The number of aromatic nitrogens is 4. The van der Waals surface area contributed by atoms with Gasteiger partial charge in [0.2, 0.25) is 11.1 Å². The fourth-order valence-electron chi connectivity index (χ4n) is 2.57. The Hall–Kier alpha value is -1.67. The average molecular weight is 335 g/mol. The van der Waals surface area contributed by atoms with E-state index in [-0.39, 0.29) is 17.3 Å². The monoisotopic (exact) mass is 335 g/mol. The SMILES string of the molecule is Cc1cc(C)n2nc(SC(C)C(=O)NCC3CCCO3)nc2n1. The number of aryl methyl sites for hydroxylation is 2. The van der Waals surface area contributed by atoms with Gasteiger partial charge in [-0.05, 0) is 39.7 Å². The number of hydrogen-bond acceptors (Lipinski definition) is 6. The first-order chi connectivity index (χ1) is 11.0. The Labute approximate surface area is 139 Å². The minimum Gasteiger partial charge on any atom is -0.376 e. The summed E-state index contributed by atoms with van der Waals surface area (Å²) in [5, 5.41) is 7.64.